The molecule has 3 unspecified atom stereocenters. The van der Waals surface area contributed by atoms with Gasteiger partial charge in [0.2, 0.25) is 0 Å². The molecule has 0 aromatic rings. The summed E-state index contributed by atoms with van der Waals surface area (Å²) in [4.78, 5) is 30.6. The zero-order valence-corrected chi connectivity index (χ0v) is 15.3. The molecule has 0 aromatic heterocycles. The van der Waals surface area contributed by atoms with Crippen LogP contribution < -0.4 is 0 Å². The minimum absolute atomic E-state index is 0.177. The van der Waals surface area contributed by atoms with Crippen LogP contribution in [0.5, 0.6) is 0 Å². The number of carbonyl (C=O) groups excluding carboxylic acids is 1. The molecule has 0 aliphatic carbocycles. The molecule has 6 nitrogen and oxygen atoms in total. The minimum atomic E-state index is -4.40. The van der Waals surface area contributed by atoms with E-state index in [0.717, 1.165) is 0 Å². The van der Waals surface area contributed by atoms with E-state index in [1.54, 1.807) is 27.7 Å². The second-order valence-electron chi connectivity index (χ2n) is 6.18. The first-order valence-electron chi connectivity index (χ1n) is 7.42. The fourth-order valence-corrected chi connectivity index (χ4v) is 2.74. The van der Waals surface area contributed by atoms with E-state index in [-0.39, 0.29) is 6.42 Å². The van der Waals surface area contributed by atoms with Crippen LogP contribution in [0.25, 0.3) is 0 Å². The molecule has 7 heteroatoms. The summed E-state index contributed by atoms with van der Waals surface area (Å²) in [6, 6.07) is 0. The standard InChI is InChI=1S/C15H29O6P/c1-8-14(6,21-13(16)11(3)4)10-12(5)20-15(7,9-2)22(17,18)19/h12H,3,8-10H2,1-2,4-7H3,(H2,17,18,19). The predicted molar refractivity (Wildman–Crippen MR) is 85.5 cm³/mol. The molecule has 0 aliphatic heterocycles. The Morgan fingerprint density at radius 1 is 1.27 bits per heavy atom. The van der Waals surface area contributed by atoms with Crippen LogP contribution in [0.1, 0.15) is 60.8 Å². The zero-order chi connectivity index (χ0) is 17.8. The first kappa shape index (κ1) is 21.3. The first-order valence-corrected chi connectivity index (χ1v) is 9.03. The maximum atomic E-state index is 11.7. The molecule has 0 aliphatic rings. The van der Waals surface area contributed by atoms with Gasteiger partial charge in [-0.15, -0.1) is 0 Å². The third-order valence-corrected chi connectivity index (χ3v) is 5.54. The summed E-state index contributed by atoms with van der Waals surface area (Å²) >= 11 is 0. The van der Waals surface area contributed by atoms with Crippen LogP contribution in [0.2, 0.25) is 0 Å². The van der Waals surface area contributed by atoms with E-state index in [0.29, 0.717) is 18.4 Å². The van der Waals surface area contributed by atoms with E-state index in [9.17, 15) is 19.1 Å². The van der Waals surface area contributed by atoms with Crippen LogP contribution in [0.3, 0.4) is 0 Å². The van der Waals surface area contributed by atoms with E-state index in [1.807, 2.05) is 6.92 Å². The van der Waals surface area contributed by atoms with E-state index >= 15 is 0 Å². The Balaban J connectivity index is 5.00. The number of rotatable bonds is 9. The number of esters is 1. The predicted octanol–water partition coefficient (Wildman–Crippen LogP) is 3.37. The highest BCUT2D eigenvalue weighted by molar-refractivity contribution is 7.53. The molecule has 2 N–H and O–H groups in total. The molecule has 0 aromatic carbocycles. The molecular formula is C15H29O6P. The number of ether oxygens (including phenoxy) is 2. The topological polar surface area (TPSA) is 93.1 Å². The van der Waals surface area contributed by atoms with Crippen LogP contribution in [0.15, 0.2) is 12.2 Å². The lowest BCUT2D eigenvalue weighted by atomic mass is 9.95. The highest BCUT2D eigenvalue weighted by Gasteiger charge is 2.44. The molecular weight excluding hydrogens is 307 g/mol. The smallest absolute Gasteiger partial charge is 0.356 e. The van der Waals surface area contributed by atoms with Crippen molar-refractivity contribution in [3.8, 4) is 0 Å². The average Bonchev–Trinajstić information content (AvgIpc) is 2.36. The summed E-state index contributed by atoms with van der Waals surface area (Å²) in [6.45, 7) is 13.5. The van der Waals surface area contributed by atoms with Crippen LogP contribution in [-0.4, -0.2) is 32.8 Å². The first-order chi connectivity index (χ1) is 9.80. The lowest BCUT2D eigenvalue weighted by Crippen LogP contribution is -2.39. The van der Waals surface area contributed by atoms with E-state index in [2.05, 4.69) is 6.58 Å². The van der Waals surface area contributed by atoms with Gasteiger partial charge in [0.15, 0.2) is 5.34 Å². The van der Waals surface area contributed by atoms with Crippen molar-refractivity contribution in [1.29, 1.82) is 0 Å². The summed E-state index contributed by atoms with van der Waals surface area (Å²) < 4.78 is 22.6. The summed E-state index contributed by atoms with van der Waals surface area (Å²) in [5.41, 5.74) is -0.471. The molecule has 0 amide bonds. The Kier molecular flexibility index (Phi) is 7.49. The Bertz CT molecular complexity index is 457. The molecule has 0 radical (unpaired) electrons. The number of hydrogen-bond acceptors (Lipinski definition) is 4. The maximum Gasteiger partial charge on any atom is 0.356 e. The molecule has 0 bridgehead atoms. The summed E-state index contributed by atoms with van der Waals surface area (Å²) in [6.07, 6.45) is 0.576. The second kappa shape index (κ2) is 7.73. The zero-order valence-electron chi connectivity index (χ0n) is 14.4. The SMILES string of the molecule is C=C(C)C(=O)OC(C)(CC)CC(C)OC(C)(CC)P(=O)(O)O. The highest BCUT2D eigenvalue weighted by atomic mass is 31.2. The molecule has 0 fully saturated rings. The van der Waals surface area contributed by atoms with E-state index < -0.39 is 30.6 Å². The lowest BCUT2D eigenvalue weighted by molar-refractivity contribution is -0.159. The van der Waals surface area contributed by atoms with Crippen molar-refractivity contribution in [1.82, 2.24) is 0 Å². The van der Waals surface area contributed by atoms with Crippen molar-refractivity contribution >= 4 is 13.6 Å². The van der Waals surface area contributed by atoms with Gasteiger partial charge in [0, 0.05) is 12.0 Å². The van der Waals surface area contributed by atoms with Crippen LogP contribution in [0.4, 0.5) is 0 Å². The Hall–Kier alpha value is -0.680. The van der Waals surface area contributed by atoms with Gasteiger partial charge in [-0.1, -0.05) is 20.4 Å². The van der Waals surface area contributed by atoms with Crippen LogP contribution in [0, 0.1) is 0 Å². The van der Waals surface area contributed by atoms with Gasteiger partial charge in [0.25, 0.3) is 0 Å². The monoisotopic (exact) mass is 336 g/mol. The van der Waals surface area contributed by atoms with Gasteiger partial charge in [-0.2, -0.15) is 0 Å². The third kappa shape index (κ3) is 5.84. The Labute approximate surface area is 133 Å². The maximum absolute atomic E-state index is 11.7. The van der Waals surface area contributed by atoms with Crippen LogP contribution in [-0.2, 0) is 18.8 Å². The van der Waals surface area contributed by atoms with Gasteiger partial charge in [-0.05, 0) is 40.5 Å². The normalized spacial score (nSPS) is 18.9. The Morgan fingerprint density at radius 3 is 2.09 bits per heavy atom. The number of carbonyl (C=O) groups is 1. The van der Waals surface area contributed by atoms with E-state index in [1.165, 1.54) is 6.92 Å². The van der Waals surface area contributed by atoms with Gasteiger partial charge in [-0.3, -0.25) is 4.57 Å². The second-order valence-corrected chi connectivity index (χ2v) is 8.21. The molecule has 0 heterocycles. The van der Waals surface area contributed by atoms with Crippen molar-refractivity contribution in [3.05, 3.63) is 12.2 Å². The van der Waals surface area contributed by atoms with Gasteiger partial charge in [0.1, 0.15) is 5.60 Å². The summed E-state index contributed by atoms with van der Waals surface area (Å²) in [5.74, 6) is -0.482. The molecule has 3 atom stereocenters. The fourth-order valence-electron chi connectivity index (χ4n) is 2.01. The molecule has 0 saturated heterocycles. The largest absolute Gasteiger partial charge is 0.456 e. The van der Waals surface area contributed by atoms with Gasteiger partial charge in [-0.25, -0.2) is 4.79 Å². The third-order valence-electron chi connectivity index (χ3n) is 3.88. The molecule has 0 saturated carbocycles. The lowest BCUT2D eigenvalue weighted by Gasteiger charge is -2.36. The van der Waals surface area contributed by atoms with Gasteiger partial charge >= 0.3 is 13.6 Å². The van der Waals surface area contributed by atoms with Gasteiger partial charge < -0.3 is 19.3 Å². The van der Waals surface area contributed by atoms with Gasteiger partial charge in [0.05, 0.1) is 6.10 Å². The van der Waals surface area contributed by atoms with Crippen molar-refractivity contribution in [2.45, 2.75) is 77.9 Å². The Morgan fingerprint density at radius 2 is 1.77 bits per heavy atom. The summed E-state index contributed by atoms with van der Waals surface area (Å²) in [7, 11) is -4.40. The molecule has 130 valence electrons. The summed E-state index contributed by atoms with van der Waals surface area (Å²) in [5, 5.41) is -1.54. The highest BCUT2D eigenvalue weighted by Crippen LogP contribution is 2.53. The van der Waals surface area contributed by atoms with Crippen molar-refractivity contribution in [3.63, 3.8) is 0 Å². The average molecular weight is 336 g/mol. The van der Waals surface area contributed by atoms with Crippen molar-refractivity contribution < 1.29 is 28.6 Å². The molecule has 0 rings (SSSR count). The van der Waals surface area contributed by atoms with E-state index in [4.69, 9.17) is 9.47 Å². The number of hydrogen-bond donors (Lipinski definition) is 2. The van der Waals surface area contributed by atoms with Crippen molar-refractivity contribution in [2.24, 2.45) is 0 Å². The quantitative estimate of drug-likeness (QED) is 0.381. The minimum Gasteiger partial charge on any atom is -0.456 e. The fraction of sp³-hybridized carbons (Fsp3) is 0.800. The molecule has 22 heavy (non-hydrogen) atoms. The molecule has 0 spiro atoms. The van der Waals surface area contributed by atoms with Crippen molar-refractivity contribution in [2.75, 3.05) is 0 Å². The van der Waals surface area contributed by atoms with Crippen LogP contribution >= 0.6 is 7.60 Å².